The Bertz CT molecular complexity index is 993. The number of aliphatic hydroxyl groups is 3. The van der Waals surface area contributed by atoms with Crippen molar-refractivity contribution in [2.24, 2.45) is 0 Å². The van der Waals surface area contributed by atoms with E-state index in [9.17, 15) is 29.7 Å². The average Bonchev–Trinajstić information content (AvgIpc) is 3.14. The molecule has 2 aromatic heterocycles. The number of hydrogen-bond donors (Lipinski definition) is 3. The molecule has 3 heterocycles. The first-order valence-electron chi connectivity index (χ1n) is 8.15. The lowest BCUT2D eigenvalue weighted by atomic mass is 9.73. The quantitative estimate of drug-likeness (QED) is 0.517. The van der Waals surface area contributed by atoms with Gasteiger partial charge in [0, 0.05) is 0 Å². The third kappa shape index (κ3) is 2.51. The highest BCUT2D eigenvalue weighted by molar-refractivity contribution is 6.33. The zero-order valence-electron chi connectivity index (χ0n) is 15.0. The Balaban J connectivity index is 2.28. The van der Waals surface area contributed by atoms with Crippen LogP contribution in [0.3, 0.4) is 0 Å². The molecule has 1 aliphatic rings. The van der Waals surface area contributed by atoms with Gasteiger partial charge in [-0.1, -0.05) is 11.6 Å². The van der Waals surface area contributed by atoms with Gasteiger partial charge in [-0.25, -0.2) is 15.0 Å². The monoisotopic (exact) mass is 412 g/mol. The van der Waals surface area contributed by atoms with Gasteiger partial charge in [0.25, 0.3) is 0 Å². The molecule has 150 valence electrons. The van der Waals surface area contributed by atoms with Gasteiger partial charge in [-0.05, 0) is 20.8 Å². The summed E-state index contributed by atoms with van der Waals surface area (Å²) < 4.78 is 6.56. The Labute approximate surface area is 162 Å². The number of Topliss-reactive ketones (excluding diaryl/α,β-unsaturated/α-hetero) is 3. The van der Waals surface area contributed by atoms with Crippen molar-refractivity contribution in [1.29, 1.82) is 0 Å². The van der Waals surface area contributed by atoms with E-state index in [4.69, 9.17) is 16.3 Å². The van der Waals surface area contributed by atoms with Crippen molar-refractivity contribution >= 4 is 40.1 Å². The Kier molecular flexibility index (Phi) is 4.84. The molecule has 0 spiro atoms. The molecule has 1 aliphatic heterocycles. The van der Waals surface area contributed by atoms with Crippen LogP contribution in [0.15, 0.2) is 12.7 Å². The molecule has 5 atom stereocenters. The van der Waals surface area contributed by atoms with E-state index in [1.807, 2.05) is 0 Å². The molecule has 0 amide bonds. The summed E-state index contributed by atoms with van der Waals surface area (Å²) in [4.78, 5) is 48.9. The molecular weight excluding hydrogens is 396 g/mol. The Morgan fingerprint density at radius 1 is 1.18 bits per heavy atom. The highest BCUT2D eigenvalue weighted by Crippen LogP contribution is 2.48. The second-order valence-electron chi connectivity index (χ2n) is 6.58. The minimum atomic E-state index is -2.95. The van der Waals surface area contributed by atoms with E-state index >= 15 is 0 Å². The van der Waals surface area contributed by atoms with E-state index in [2.05, 4.69) is 15.0 Å². The molecule has 0 aliphatic carbocycles. The van der Waals surface area contributed by atoms with E-state index in [1.165, 1.54) is 0 Å². The molecule has 3 N–H and O–H groups in total. The largest absolute Gasteiger partial charge is 0.386 e. The van der Waals surface area contributed by atoms with Crippen LogP contribution in [-0.4, -0.2) is 75.6 Å². The summed E-state index contributed by atoms with van der Waals surface area (Å²) in [6.45, 7) is 2.93. The van der Waals surface area contributed by atoms with Crippen LogP contribution in [0.5, 0.6) is 0 Å². The van der Waals surface area contributed by atoms with Crippen LogP contribution in [0, 0.1) is 0 Å². The lowest BCUT2D eigenvalue weighted by molar-refractivity contribution is -0.182. The number of rotatable bonds is 5. The van der Waals surface area contributed by atoms with Crippen LogP contribution in [-0.2, 0) is 19.1 Å². The number of hydrogen-bond acceptors (Lipinski definition) is 10. The molecule has 0 bridgehead atoms. The standard InChI is InChI=1S/C16H17ClN4O7/c1-6(22)10(25)11-15(26,7(2)23)16(27,8(3)24)14(28-11)21-5-20-9-12(17)18-4-19-13(9)21/h4-6,11,14,22,26-27H,1-3H3/t6?,11-,14-,15-,16+/m1/s1. The molecule has 0 radical (unpaired) electrons. The van der Waals surface area contributed by atoms with E-state index in [0.717, 1.165) is 38.0 Å². The first-order chi connectivity index (χ1) is 13.0. The third-order valence-electron chi connectivity index (χ3n) is 4.89. The van der Waals surface area contributed by atoms with Crippen molar-refractivity contribution in [3.8, 4) is 0 Å². The minimum Gasteiger partial charge on any atom is -0.386 e. The van der Waals surface area contributed by atoms with Gasteiger partial charge in [0.05, 0.1) is 6.33 Å². The number of aromatic nitrogens is 4. The highest BCUT2D eigenvalue weighted by atomic mass is 35.5. The molecule has 3 rings (SSSR count). The van der Waals surface area contributed by atoms with Crippen LogP contribution in [0.25, 0.3) is 11.2 Å². The summed E-state index contributed by atoms with van der Waals surface area (Å²) in [5.74, 6) is -3.22. The van der Waals surface area contributed by atoms with Crippen molar-refractivity contribution in [3.05, 3.63) is 17.8 Å². The SMILES string of the molecule is CC(=O)[C@@]1(O)[C@@H](C(=O)C(C)O)O[C@@H](n2cnc3c(Cl)ncnc32)[C@@]1(O)C(C)=O. The smallest absolute Gasteiger partial charge is 0.207 e. The second kappa shape index (κ2) is 6.64. The number of ether oxygens (including phenoxy) is 1. The van der Waals surface area contributed by atoms with Gasteiger partial charge in [0.15, 0.2) is 46.1 Å². The van der Waals surface area contributed by atoms with Crippen LogP contribution in [0.1, 0.15) is 27.0 Å². The maximum Gasteiger partial charge on any atom is 0.207 e. The number of carbonyl (C=O) groups is 3. The fraction of sp³-hybridized carbons (Fsp3) is 0.500. The van der Waals surface area contributed by atoms with Crippen LogP contribution in [0.2, 0.25) is 5.15 Å². The molecule has 28 heavy (non-hydrogen) atoms. The molecule has 1 fully saturated rings. The van der Waals surface area contributed by atoms with Crippen LogP contribution in [0.4, 0.5) is 0 Å². The summed E-state index contributed by atoms with van der Waals surface area (Å²) in [7, 11) is 0. The molecule has 0 aromatic carbocycles. The van der Waals surface area contributed by atoms with Crippen LogP contribution < -0.4 is 0 Å². The zero-order valence-corrected chi connectivity index (χ0v) is 15.8. The van der Waals surface area contributed by atoms with Gasteiger partial charge < -0.3 is 20.1 Å². The summed E-state index contributed by atoms with van der Waals surface area (Å²) >= 11 is 5.95. The molecular formula is C16H17ClN4O7. The molecule has 2 aromatic rings. The fourth-order valence-electron chi connectivity index (χ4n) is 3.36. The second-order valence-corrected chi connectivity index (χ2v) is 6.94. The lowest BCUT2D eigenvalue weighted by Gasteiger charge is -2.36. The number of nitrogens with zero attached hydrogens (tertiary/aromatic N) is 4. The average molecular weight is 413 g/mol. The summed E-state index contributed by atoms with van der Waals surface area (Å²) in [6, 6.07) is 0. The molecule has 1 saturated heterocycles. The van der Waals surface area contributed by atoms with Crippen molar-refractivity contribution in [3.63, 3.8) is 0 Å². The highest BCUT2D eigenvalue weighted by Gasteiger charge is 2.73. The van der Waals surface area contributed by atoms with Gasteiger partial charge in [-0.3, -0.25) is 19.0 Å². The zero-order chi connectivity index (χ0) is 21.0. The Morgan fingerprint density at radius 2 is 1.79 bits per heavy atom. The number of ketones is 3. The van der Waals surface area contributed by atoms with Gasteiger partial charge >= 0.3 is 0 Å². The normalized spacial score (nSPS) is 31.1. The molecule has 11 nitrogen and oxygen atoms in total. The topological polar surface area (TPSA) is 165 Å². The third-order valence-corrected chi connectivity index (χ3v) is 5.17. The molecule has 0 saturated carbocycles. The first kappa shape index (κ1) is 20.4. The number of halogens is 1. The summed E-state index contributed by atoms with van der Waals surface area (Å²) in [5, 5.41) is 31.9. The number of aliphatic hydroxyl groups excluding tert-OH is 1. The molecule has 1 unspecified atom stereocenters. The van der Waals surface area contributed by atoms with Gasteiger partial charge in [0.1, 0.15) is 17.9 Å². The summed E-state index contributed by atoms with van der Waals surface area (Å²) in [6.07, 6.45) is -3.21. The number of imidazole rings is 1. The minimum absolute atomic E-state index is 0.0217. The van der Waals surface area contributed by atoms with E-state index in [0.29, 0.717) is 0 Å². The Morgan fingerprint density at radius 3 is 2.32 bits per heavy atom. The molecule has 12 heteroatoms. The fourth-order valence-corrected chi connectivity index (χ4v) is 3.54. The number of fused-ring (bicyclic) bond motifs is 1. The predicted molar refractivity (Wildman–Crippen MR) is 92.2 cm³/mol. The predicted octanol–water partition coefficient (Wildman–Crippen LogP) is -1.03. The maximum absolute atomic E-state index is 12.4. The lowest BCUT2D eigenvalue weighted by Crippen LogP contribution is -2.67. The van der Waals surface area contributed by atoms with Gasteiger partial charge in [-0.15, -0.1) is 0 Å². The van der Waals surface area contributed by atoms with E-state index in [-0.39, 0.29) is 16.3 Å². The van der Waals surface area contributed by atoms with Crippen molar-refractivity contribution in [2.45, 2.75) is 50.4 Å². The first-order valence-corrected chi connectivity index (χ1v) is 8.52. The Hall–Kier alpha value is -2.31. The maximum atomic E-state index is 12.4. The van der Waals surface area contributed by atoms with Gasteiger partial charge in [0.2, 0.25) is 5.60 Å². The van der Waals surface area contributed by atoms with Gasteiger partial charge in [-0.2, -0.15) is 0 Å². The van der Waals surface area contributed by atoms with E-state index < -0.39 is 47.0 Å². The summed E-state index contributed by atoms with van der Waals surface area (Å²) in [5.41, 5.74) is -5.69. The van der Waals surface area contributed by atoms with Crippen molar-refractivity contribution < 1.29 is 34.4 Å². The van der Waals surface area contributed by atoms with Crippen molar-refractivity contribution in [2.75, 3.05) is 0 Å². The van der Waals surface area contributed by atoms with Crippen molar-refractivity contribution in [1.82, 2.24) is 19.5 Å². The van der Waals surface area contributed by atoms with E-state index in [1.54, 1.807) is 0 Å². The van der Waals surface area contributed by atoms with Crippen LogP contribution >= 0.6 is 11.6 Å². The number of carbonyl (C=O) groups excluding carboxylic acids is 3.